The van der Waals surface area contributed by atoms with Crippen LogP contribution in [0.25, 0.3) is 22.1 Å². The van der Waals surface area contributed by atoms with Crippen LogP contribution in [0.15, 0.2) is 133 Å². The summed E-state index contributed by atoms with van der Waals surface area (Å²) in [5, 5.41) is 36.1. The Balaban J connectivity index is 1.05. The average Bonchev–Trinajstić information content (AvgIpc) is 4.02. The first-order valence-corrected chi connectivity index (χ1v) is 20.7. The standard InChI is InChI=1S/C48H36ClFN8O7/c1-25(41(51)59)40(42-52-36-17-15-27(19-38(36)53-42)47(64)34-13-7-5-11-32(34)43(60)56(47)24-26-9-3-2-4-10-26)57(46(62)63)45-54-37-18-16-28(20-39(37)55-45)48(65)35-14-8-6-12-33(35)44(61)58(48)31-22-29(49)21-30(50)23-31/h2-23,25,40,64-65H,24H2,1H3,(H2,51,59)(H,52,53)(H,54,55)(H,62,63). The normalized spacial score (nSPS) is 18.8. The van der Waals surface area contributed by atoms with Gasteiger partial charge in [0.05, 0.1) is 33.7 Å². The minimum Gasteiger partial charge on any atom is -0.465 e. The SMILES string of the molecule is CC(C(N)=O)C(c1nc2ccc(C3(O)c4ccccc4C(=O)N3Cc3ccccc3)cc2[nH]1)N(C(=O)O)c1nc2ccc(C3(O)c4ccccc4C(=O)N3c3cc(F)cc(Cl)c3)cc2[nH]1. The van der Waals surface area contributed by atoms with Gasteiger partial charge in [-0.1, -0.05) is 97.4 Å². The zero-order valence-corrected chi connectivity index (χ0v) is 34.9. The van der Waals surface area contributed by atoms with Crippen LogP contribution in [0, 0.1) is 11.7 Å². The van der Waals surface area contributed by atoms with Gasteiger partial charge in [-0.05, 0) is 60.2 Å². The number of nitrogens with one attached hydrogen (secondary N) is 2. The summed E-state index contributed by atoms with van der Waals surface area (Å²) in [6.45, 7) is 1.54. The fraction of sp³-hybridized carbons (Fsp3) is 0.125. The summed E-state index contributed by atoms with van der Waals surface area (Å²) in [6, 6.07) is 33.9. The van der Waals surface area contributed by atoms with Gasteiger partial charge in [0.1, 0.15) is 17.7 Å². The number of hydrogen-bond donors (Lipinski definition) is 6. The molecule has 8 aromatic rings. The van der Waals surface area contributed by atoms with Gasteiger partial charge >= 0.3 is 6.09 Å². The number of primary amides is 1. The summed E-state index contributed by atoms with van der Waals surface area (Å²) in [4.78, 5) is 72.8. The molecule has 65 heavy (non-hydrogen) atoms. The highest BCUT2D eigenvalue weighted by Crippen LogP contribution is 2.47. The fourth-order valence-electron chi connectivity index (χ4n) is 9.09. The highest BCUT2D eigenvalue weighted by atomic mass is 35.5. The molecular formula is C48H36ClFN8O7. The lowest BCUT2D eigenvalue weighted by molar-refractivity contribution is -0.122. The molecule has 2 aromatic heterocycles. The Hall–Kier alpha value is -7.92. The number of hydrogen-bond acceptors (Lipinski definition) is 8. The summed E-state index contributed by atoms with van der Waals surface area (Å²) < 4.78 is 14.7. The molecule has 10 rings (SSSR count). The van der Waals surface area contributed by atoms with Gasteiger partial charge in [0, 0.05) is 44.9 Å². The van der Waals surface area contributed by atoms with Crippen molar-refractivity contribution in [3.63, 3.8) is 0 Å². The van der Waals surface area contributed by atoms with Gasteiger partial charge in [0.15, 0.2) is 11.4 Å². The third-order valence-corrected chi connectivity index (χ3v) is 12.4. The van der Waals surface area contributed by atoms with E-state index in [1.54, 1.807) is 60.7 Å². The number of aromatic nitrogens is 4. The highest BCUT2D eigenvalue weighted by molar-refractivity contribution is 6.31. The van der Waals surface area contributed by atoms with Crippen molar-refractivity contribution in [3.05, 3.63) is 189 Å². The van der Waals surface area contributed by atoms with Gasteiger partial charge < -0.3 is 31.0 Å². The topological polar surface area (TPSA) is 222 Å². The minimum absolute atomic E-state index is 0.00274. The molecule has 0 bridgehead atoms. The molecule has 17 heteroatoms. The van der Waals surface area contributed by atoms with Crippen molar-refractivity contribution >= 4 is 69.1 Å². The zero-order valence-electron chi connectivity index (χ0n) is 34.1. The van der Waals surface area contributed by atoms with E-state index in [1.165, 1.54) is 42.2 Å². The van der Waals surface area contributed by atoms with Gasteiger partial charge in [-0.25, -0.2) is 24.1 Å². The molecule has 4 heterocycles. The Labute approximate surface area is 373 Å². The lowest BCUT2D eigenvalue weighted by Gasteiger charge is -2.35. The van der Waals surface area contributed by atoms with Gasteiger partial charge in [-0.3, -0.25) is 24.2 Å². The Bertz CT molecular complexity index is 3270. The smallest absolute Gasteiger partial charge is 0.414 e. The van der Waals surface area contributed by atoms with Crippen molar-refractivity contribution in [2.45, 2.75) is 31.0 Å². The molecular weight excluding hydrogens is 855 g/mol. The van der Waals surface area contributed by atoms with E-state index >= 15 is 0 Å². The van der Waals surface area contributed by atoms with Crippen molar-refractivity contribution in [1.29, 1.82) is 0 Å². The van der Waals surface area contributed by atoms with E-state index in [0.29, 0.717) is 27.7 Å². The van der Waals surface area contributed by atoms with Crippen LogP contribution in [0.2, 0.25) is 5.02 Å². The van der Waals surface area contributed by atoms with Crippen LogP contribution in [-0.2, 0) is 22.8 Å². The number of anilines is 2. The maximum atomic E-state index is 14.7. The molecule has 0 spiro atoms. The van der Waals surface area contributed by atoms with E-state index < -0.39 is 47.1 Å². The third kappa shape index (κ3) is 6.40. The number of aliphatic hydroxyl groups is 2. The maximum absolute atomic E-state index is 14.7. The molecule has 2 aliphatic heterocycles. The number of halogens is 2. The molecule has 2 aliphatic rings. The number of rotatable bonds is 10. The van der Waals surface area contributed by atoms with Gasteiger partial charge in [-0.15, -0.1) is 0 Å². The number of nitrogens with zero attached hydrogens (tertiary/aromatic N) is 5. The third-order valence-electron chi connectivity index (χ3n) is 12.2. The van der Waals surface area contributed by atoms with Crippen LogP contribution in [0.1, 0.15) is 67.3 Å². The number of amides is 4. The summed E-state index contributed by atoms with van der Waals surface area (Å²) in [6.07, 6.45) is -1.53. The highest BCUT2D eigenvalue weighted by Gasteiger charge is 2.52. The number of benzene rings is 6. The first kappa shape index (κ1) is 41.1. The zero-order chi connectivity index (χ0) is 45.5. The number of imidazole rings is 2. The number of carbonyl (C=O) groups is 4. The van der Waals surface area contributed by atoms with Gasteiger partial charge in [-0.2, -0.15) is 0 Å². The Morgan fingerprint density at radius 3 is 2.00 bits per heavy atom. The van der Waals surface area contributed by atoms with Crippen molar-refractivity contribution in [3.8, 4) is 0 Å². The molecule has 0 fully saturated rings. The van der Waals surface area contributed by atoms with Crippen molar-refractivity contribution in [1.82, 2.24) is 24.8 Å². The lowest BCUT2D eigenvalue weighted by Crippen LogP contribution is -2.45. The van der Waals surface area contributed by atoms with E-state index in [-0.39, 0.29) is 62.7 Å². The first-order chi connectivity index (χ1) is 31.2. The largest absolute Gasteiger partial charge is 0.465 e. The molecule has 0 radical (unpaired) electrons. The Morgan fingerprint density at radius 1 is 0.769 bits per heavy atom. The molecule has 15 nitrogen and oxygen atoms in total. The maximum Gasteiger partial charge on any atom is 0.414 e. The number of aromatic amines is 2. The number of nitrogens with two attached hydrogens (primary N) is 1. The van der Waals surface area contributed by atoms with Crippen LogP contribution < -0.4 is 15.5 Å². The van der Waals surface area contributed by atoms with Crippen LogP contribution in [0.3, 0.4) is 0 Å². The van der Waals surface area contributed by atoms with Gasteiger partial charge in [0.25, 0.3) is 11.8 Å². The second kappa shape index (κ2) is 15.1. The predicted octanol–water partition coefficient (Wildman–Crippen LogP) is 7.28. The van der Waals surface area contributed by atoms with Gasteiger partial charge in [0.2, 0.25) is 11.9 Å². The van der Waals surface area contributed by atoms with Crippen molar-refractivity contribution in [2.24, 2.45) is 11.7 Å². The average molecular weight is 891 g/mol. The van der Waals surface area contributed by atoms with Crippen LogP contribution in [0.4, 0.5) is 20.8 Å². The number of fused-ring (bicyclic) bond motifs is 4. The second-order valence-electron chi connectivity index (χ2n) is 16.0. The van der Waals surface area contributed by atoms with E-state index in [0.717, 1.165) is 27.5 Å². The van der Waals surface area contributed by atoms with E-state index in [9.17, 15) is 38.9 Å². The molecule has 4 amide bonds. The molecule has 0 aliphatic carbocycles. The van der Waals surface area contributed by atoms with Crippen LogP contribution in [-0.4, -0.2) is 64.0 Å². The summed E-state index contributed by atoms with van der Waals surface area (Å²) in [5.41, 5.74) is 5.29. The monoisotopic (exact) mass is 890 g/mol. The van der Waals surface area contributed by atoms with Crippen molar-refractivity contribution < 1.29 is 38.9 Å². The molecule has 6 aromatic carbocycles. The first-order valence-electron chi connectivity index (χ1n) is 20.3. The quantitative estimate of drug-likeness (QED) is 0.0811. The molecule has 7 N–H and O–H groups in total. The number of H-pyrrole nitrogens is 2. The minimum atomic E-state index is -2.19. The van der Waals surface area contributed by atoms with Crippen molar-refractivity contribution in [2.75, 3.05) is 9.80 Å². The van der Waals surface area contributed by atoms with E-state index in [2.05, 4.69) is 15.0 Å². The second-order valence-corrected chi connectivity index (χ2v) is 16.5. The molecule has 0 saturated heterocycles. The Morgan fingerprint density at radius 2 is 1.35 bits per heavy atom. The lowest BCUT2D eigenvalue weighted by atomic mass is 9.93. The Kier molecular flexibility index (Phi) is 9.56. The molecule has 324 valence electrons. The summed E-state index contributed by atoms with van der Waals surface area (Å²) in [7, 11) is 0. The predicted molar refractivity (Wildman–Crippen MR) is 237 cm³/mol. The summed E-state index contributed by atoms with van der Waals surface area (Å²) >= 11 is 6.20. The van der Waals surface area contributed by atoms with E-state index in [4.69, 9.17) is 22.3 Å². The fourth-order valence-corrected chi connectivity index (χ4v) is 9.30. The summed E-state index contributed by atoms with van der Waals surface area (Å²) in [5.74, 6) is -3.99. The molecule has 4 atom stereocenters. The van der Waals surface area contributed by atoms with Crippen LogP contribution in [0.5, 0.6) is 0 Å². The molecule has 4 unspecified atom stereocenters. The van der Waals surface area contributed by atoms with E-state index in [1.807, 2.05) is 30.3 Å². The number of carbonyl (C=O) groups excluding carboxylic acids is 3. The van der Waals surface area contributed by atoms with Crippen LogP contribution >= 0.6 is 11.6 Å². The molecule has 0 saturated carbocycles. The number of carboxylic acid groups (broad SMARTS) is 1.